The number of hydrogen-bond donors (Lipinski definition) is 0. The van der Waals surface area contributed by atoms with Gasteiger partial charge in [-0.3, -0.25) is 33.8 Å². The van der Waals surface area contributed by atoms with E-state index in [-0.39, 0.29) is 43.7 Å². The van der Waals surface area contributed by atoms with Gasteiger partial charge in [-0.1, -0.05) is 24.3 Å². The number of carbonyl (C=O) groups is 5. The van der Waals surface area contributed by atoms with Crippen molar-refractivity contribution in [3.63, 3.8) is 0 Å². The predicted molar refractivity (Wildman–Crippen MR) is 142 cm³/mol. The van der Waals surface area contributed by atoms with Crippen molar-refractivity contribution in [2.24, 2.45) is 0 Å². The number of amides is 4. The Morgan fingerprint density at radius 2 is 1.21 bits per heavy atom. The van der Waals surface area contributed by atoms with Crippen molar-refractivity contribution in [3.05, 3.63) is 105 Å². The highest BCUT2D eigenvalue weighted by molar-refractivity contribution is 9.10. The van der Waals surface area contributed by atoms with Gasteiger partial charge in [0.15, 0.2) is 5.78 Å². The third kappa shape index (κ3) is 4.26. The minimum absolute atomic E-state index is 0.00415. The predicted octanol–water partition coefficient (Wildman–Crippen LogP) is 3.08. The molecule has 2 aromatic heterocycles. The van der Waals surface area contributed by atoms with Gasteiger partial charge in [0.2, 0.25) is 0 Å². The molecule has 0 atom stereocenters. The molecular formula is C29H22BrN4O5+. The van der Waals surface area contributed by atoms with Crippen LogP contribution in [0, 0.1) is 0 Å². The number of benzene rings is 2. The number of hydrogen-bond acceptors (Lipinski definition) is 5. The topological polar surface area (TPSA) is 101 Å². The van der Waals surface area contributed by atoms with E-state index in [2.05, 4.69) is 15.9 Å². The Bertz CT molecular complexity index is 1660. The van der Waals surface area contributed by atoms with E-state index in [0.717, 1.165) is 20.7 Å². The lowest BCUT2D eigenvalue weighted by molar-refractivity contribution is -0.511. The number of ketones is 1. The molecule has 4 aromatic rings. The van der Waals surface area contributed by atoms with Crippen molar-refractivity contribution >= 4 is 51.0 Å². The zero-order chi connectivity index (χ0) is 27.3. The number of imidazole rings is 1. The number of rotatable bonds is 8. The molecule has 0 fully saturated rings. The summed E-state index contributed by atoms with van der Waals surface area (Å²) < 4.78 is 4.56. The van der Waals surface area contributed by atoms with E-state index in [1.807, 2.05) is 33.5 Å². The molecule has 0 saturated carbocycles. The Morgan fingerprint density at radius 3 is 1.74 bits per heavy atom. The van der Waals surface area contributed by atoms with Gasteiger partial charge in [0.05, 0.1) is 26.7 Å². The minimum Gasteiger partial charge on any atom is -0.295 e. The van der Waals surface area contributed by atoms with Crippen LogP contribution in [0.3, 0.4) is 0 Å². The first-order chi connectivity index (χ1) is 18.8. The van der Waals surface area contributed by atoms with E-state index in [9.17, 15) is 24.0 Å². The van der Waals surface area contributed by atoms with Crippen LogP contribution in [0.4, 0.5) is 0 Å². The number of carbonyl (C=O) groups excluding carboxylic acids is 5. The summed E-state index contributed by atoms with van der Waals surface area (Å²) in [4.78, 5) is 66.5. The first kappa shape index (κ1) is 24.9. The fourth-order valence-corrected chi connectivity index (χ4v) is 5.53. The van der Waals surface area contributed by atoms with Crippen LogP contribution in [0.2, 0.25) is 0 Å². The maximum Gasteiger partial charge on any atom is 0.286 e. The first-order valence-corrected chi connectivity index (χ1v) is 13.2. The second-order valence-corrected chi connectivity index (χ2v) is 10.4. The highest BCUT2D eigenvalue weighted by Crippen LogP contribution is 2.24. The fourth-order valence-electron chi connectivity index (χ4n) is 5.18. The molecule has 0 aliphatic carbocycles. The number of halogens is 1. The second-order valence-electron chi connectivity index (χ2n) is 9.47. The summed E-state index contributed by atoms with van der Waals surface area (Å²) in [6, 6.07) is 17.1. The van der Waals surface area contributed by atoms with Crippen molar-refractivity contribution in [1.29, 1.82) is 0 Å². The van der Waals surface area contributed by atoms with Gasteiger partial charge in [0.25, 0.3) is 29.3 Å². The van der Waals surface area contributed by atoms with Crippen LogP contribution in [-0.4, -0.2) is 56.9 Å². The summed E-state index contributed by atoms with van der Waals surface area (Å²) in [5.74, 6) is -1.60. The minimum atomic E-state index is -0.392. The number of pyridine rings is 1. The van der Waals surface area contributed by atoms with Gasteiger partial charge >= 0.3 is 0 Å². The molecule has 2 aliphatic rings. The van der Waals surface area contributed by atoms with Gasteiger partial charge < -0.3 is 0 Å². The molecule has 4 heterocycles. The fraction of sp³-hybridized carbons (Fsp3) is 0.172. The van der Waals surface area contributed by atoms with Crippen molar-refractivity contribution in [2.75, 3.05) is 13.1 Å². The molecule has 6 rings (SSSR count). The molecule has 2 aliphatic heterocycles. The maximum absolute atomic E-state index is 13.1. The average molecular weight is 586 g/mol. The van der Waals surface area contributed by atoms with Crippen LogP contribution in [0.1, 0.15) is 53.5 Å². The zero-order valence-electron chi connectivity index (χ0n) is 20.7. The second kappa shape index (κ2) is 9.70. The van der Waals surface area contributed by atoms with Gasteiger partial charge in [0.1, 0.15) is 24.6 Å². The maximum atomic E-state index is 13.1. The Labute approximate surface area is 231 Å². The lowest BCUT2D eigenvalue weighted by Gasteiger charge is -2.14. The van der Waals surface area contributed by atoms with Crippen LogP contribution in [-0.2, 0) is 17.8 Å². The largest absolute Gasteiger partial charge is 0.295 e. The number of aromatic nitrogens is 2. The van der Waals surface area contributed by atoms with E-state index < -0.39 is 11.8 Å². The molecule has 0 saturated heterocycles. The Kier molecular flexibility index (Phi) is 6.19. The normalized spacial score (nSPS) is 14.5. The highest BCUT2D eigenvalue weighted by Gasteiger charge is 2.36. The van der Waals surface area contributed by atoms with E-state index in [4.69, 9.17) is 0 Å². The molecule has 2 aromatic carbocycles. The average Bonchev–Trinajstić information content (AvgIpc) is 3.49. The molecule has 39 heavy (non-hydrogen) atoms. The monoisotopic (exact) mass is 585 g/mol. The van der Waals surface area contributed by atoms with Gasteiger partial charge in [-0.2, -0.15) is 0 Å². The number of imide groups is 2. The third-order valence-electron chi connectivity index (χ3n) is 7.13. The van der Waals surface area contributed by atoms with Crippen LogP contribution < -0.4 is 4.40 Å². The summed E-state index contributed by atoms with van der Waals surface area (Å²) in [6.07, 6.45) is 4.08. The summed E-state index contributed by atoms with van der Waals surface area (Å²) in [5.41, 5.74) is 3.00. The standard InChI is InChI=1S/C29H22BrN4O5/c30-18-9-10-25-31(15-18)16-19(11-13-32-26(36)21-5-1-2-6-22(21)27(32)37)34(25)17-20(35)12-14-33-28(38)23-7-3-4-8-24(23)29(33)39/h1-10,15-16H,11-14,17H2/q+1. The molecule has 10 heteroatoms. The zero-order valence-corrected chi connectivity index (χ0v) is 22.3. The van der Waals surface area contributed by atoms with Crippen molar-refractivity contribution < 1.29 is 28.4 Å². The molecular weight excluding hydrogens is 564 g/mol. The van der Waals surface area contributed by atoms with Gasteiger partial charge in [0, 0.05) is 32.0 Å². The summed E-state index contributed by atoms with van der Waals surface area (Å²) >= 11 is 3.46. The van der Waals surface area contributed by atoms with Crippen LogP contribution in [0.25, 0.3) is 5.65 Å². The van der Waals surface area contributed by atoms with Crippen molar-refractivity contribution in [1.82, 2.24) is 14.4 Å². The highest BCUT2D eigenvalue weighted by atomic mass is 79.9. The van der Waals surface area contributed by atoms with Crippen LogP contribution >= 0.6 is 15.9 Å². The first-order valence-electron chi connectivity index (χ1n) is 12.4. The quantitative estimate of drug-likeness (QED) is 0.234. The number of nitrogens with zero attached hydrogens (tertiary/aromatic N) is 4. The lowest BCUT2D eigenvalue weighted by atomic mass is 10.1. The third-order valence-corrected chi connectivity index (χ3v) is 7.60. The van der Waals surface area contributed by atoms with Gasteiger partial charge in [-0.05, 0) is 46.3 Å². The van der Waals surface area contributed by atoms with Crippen molar-refractivity contribution in [3.8, 4) is 0 Å². The number of fused-ring (bicyclic) bond motifs is 3. The van der Waals surface area contributed by atoms with Gasteiger partial charge in [-0.15, -0.1) is 0 Å². The Hall–Kier alpha value is -4.44. The summed E-state index contributed by atoms with van der Waals surface area (Å²) in [5, 5.41) is 0. The summed E-state index contributed by atoms with van der Waals surface area (Å²) in [7, 11) is 0. The molecule has 0 N–H and O–H groups in total. The molecule has 9 nitrogen and oxygen atoms in total. The van der Waals surface area contributed by atoms with Gasteiger partial charge in [-0.25, -0.2) is 8.97 Å². The van der Waals surface area contributed by atoms with Crippen LogP contribution in [0.5, 0.6) is 0 Å². The lowest BCUT2D eigenvalue weighted by Crippen LogP contribution is -2.33. The Morgan fingerprint density at radius 1 is 0.692 bits per heavy atom. The van der Waals surface area contributed by atoms with Crippen LogP contribution in [0.15, 0.2) is 77.5 Å². The smallest absolute Gasteiger partial charge is 0.286 e. The number of Topliss-reactive ketones (excluding diaryl/α,β-unsaturated/α-hetero) is 1. The van der Waals surface area contributed by atoms with E-state index in [1.54, 1.807) is 48.5 Å². The summed E-state index contributed by atoms with van der Waals surface area (Å²) in [6.45, 7) is 0.166. The molecule has 0 spiro atoms. The molecule has 0 unspecified atom stereocenters. The van der Waals surface area contributed by atoms with E-state index >= 15 is 0 Å². The molecule has 0 radical (unpaired) electrons. The molecule has 194 valence electrons. The van der Waals surface area contributed by atoms with E-state index in [1.165, 1.54) is 4.90 Å². The van der Waals surface area contributed by atoms with Crippen molar-refractivity contribution in [2.45, 2.75) is 19.4 Å². The molecule has 0 bridgehead atoms. The Balaban J connectivity index is 1.19. The molecule has 4 amide bonds. The SMILES string of the molecule is O=C(CCN1C(=O)c2ccccc2C1=O)Cn1c(CCN2C(=O)c3ccccc3C2=O)c[n+]2cc(Br)ccc12. The van der Waals surface area contributed by atoms with E-state index in [0.29, 0.717) is 28.7 Å².